The summed E-state index contributed by atoms with van der Waals surface area (Å²) < 4.78 is 40.7. The van der Waals surface area contributed by atoms with E-state index in [9.17, 15) is 13.0 Å². The predicted molar refractivity (Wildman–Crippen MR) is 91.6 cm³/mol. The summed E-state index contributed by atoms with van der Waals surface area (Å²) in [6.45, 7) is 0. The number of benzene rings is 3. The summed E-state index contributed by atoms with van der Waals surface area (Å²) in [6.07, 6.45) is 0. The first-order chi connectivity index (χ1) is 10.9. The van der Waals surface area contributed by atoms with Crippen LogP contribution >= 0.6 is 15.9 Å². The lowest BCUT2D eigenvalue weighted by atomic mass is 9.98. The lowest BCUT2D eigenvalue weighted by molar-refractivity contribution is 0.414. The lowest BCUT2D eigenvalue weighted by Gasteiger charge is -2.18. The molecule has 3 aromatic rings. The number of halogens is 1. The van der Waals surface area contributed by atoms with E-state index in [-0.39, 0.29) is 9.37 Å². The molecule has 0 aliphatic rings. The van der Waals surface area contributed by atoms with Crippen molar-refractivity contribution in [2.75, 3.05) is 7.11 Å². The third kappa shape index (κ3) is 2.97. The summed E-state index contributed by atoms with van der Waals surface area (Å²) in [5.41, 5.74) is 0.986. The minimum Gasteiger partial charge on any atom is -0.744 e. The van der Waals surface area contributed by atoms with Gasteiger partial charge in [-0.1, -0.05) is 42.5 Å². The first-order valence-corrected chi connectivity index (χ1v) is 8.93. The van der Waals surface area contributed by atoms with Crippen molar-refractivity contribution in [3.05, 3.63) is 59.1 Å². The van der Waals surface area contributed by atoms with Crippen LogP contribution in [0.15, 0.2) is 64.0 Å². The molecule has 0 bridgehead atoms. The lowest BCUT2D eigenvalue weighted by Crippen LogP contribution is -2.03. The Morgan fingerprint density at radius 3 is 2.39 bits per heavy atom. The molecule has 4 nitrogen and oxygen atoms in total. The van der Waals surface area contributed by atoms with Crippen LogP contribution in [0.5, 0.6) is 5.75 Å². The minimum atomic E-state index is -4.66. The van der Waals surface area contributed by atoms with Gasteiger partial charge in [-0.2, -0.15) is 0 Å². The van der Waals surface area contributed by atoms with Gasteiger partial charge in [0.2, 0.25) is 0 Å². The van der Waals surface area contributed by atoms with Crippen LogP contribution in [0, 0.1) is 0 Å². The Morgan fingerprint density at radius 2 is 1.70 bits per heavy atom. The number of fused-ring (bicyclic) bond motifs is 1. The predicted octanol–water partition coefficient (Wildman–Crippen LogP) is 4.18. The first-order valence-electron chi connectivity index (χ1n) is 6.73. The van der Waals surface area contributed by atoms with E-state index in [1.165, 1.54) is 13.2 Å². The third-order valence-electron chi connectivity index (χ3n) is 3.58. The highest BCUT2D eigenvalue weighted by molar-refractivity contribution is 9.10. The highest BCUT2D eigenvalue weighted by Gasteiger charge is 2.18. The van der Waals surface area contributed by atoms with Crippen LogP contribution < -0.4 is 4.74 Å². The van der Waals surface area contributed by atoms with Gasteiger partial charge in [-0.3, -0.25) is 0 Å². The standard InChI is InChI=1S/C17H13BrO4S/c1-22-12-9-15(17(16(18)10-12)23(19,20)21)14-8-4-6-11-5-2-3-7-13(11)14/h2-10H,1H3,(H,19,20,21)/p-1. The van der Waals surface area contributed by atoms with Gasteiger partial charge < -0.3 is 9.29 Å². The highest BCUT2D eigenvalue weighted by Crippen LogP contribution is 2.39. The molecule has 0 N–H and O–H groups in total. The van der Waals surface area contributed by atoms with Gasteiger partial charge in [-0.15, -0.1) is 0 Å². The molecule has 0 aliphatic carbocycles. The van der Waals surface area contributed by atoms with Crippen LogP contribution in [0.3, 0.4) is 0 Å². The van der Waals surface area contributed by atoms with E-state index in [2.05, 4.69) is 15.9 Å². The zero-order valence-corrected chi connectivity index (χ0v) is 14.5. The Bertz CT molecular complexity index is 991. The van der Waals surface area contributed by atoms with E-state index >= 15 is 0 Å². The summed E-state index contributed by atoms with van der Waals surface area (Å²) in [5, 5.41) is 1.82. The van der Waals surface area contributed by atoms with Crippen molar-refractivity contribution in [2.45, 2.75) is 4.90 Å². The van der Waals surface area contributed by atoms with Crippen LogP contribution in [0.1, 0.15) is 0 Å². The normalized spacial score (nSPS) is 11.6. The summed E-state index contributed by atoms with van der Waals surface area (Å²) in [5.74, 6) is 0.465. The second-order valence-corrected chi connectivity index (χ2v) is 7.14. The molecule has 0 amide bonds. The van der Waals surface area contributed by atoms with Crippen LogP contribution in [0.2, 0.25) is 0 Å². The maximum Gasteiger partial charge on any atom is 0.126 e. The largest absolute Gasteiger partial charge is 0.744 e. The number of hydrogen-bond acceptors (Lipinski definition) is 4. The van der Waals surface area contributed by atoms with Crippen molar-refractivity contribution in [1.29, 1.82) is 0 Å². The molecule has 0 saturated heterocycles. The molecule has 0 aromatic heterocycles. The molecule has 0 saturated carbocycles. The molecule has 0 heterocycles. The smallest absolute Gasteiger partial charge is 0.126 e. The Morgan fingerprint density at radius 1 is 1.00 bits per heavy atom. The third-order valence-corrected chi connectivity index (χ3v) is 5.41. The molecule has 118 valence electrons. The van der Waals surface area contributed by atoms with Gasteiger partial charge in [0, 0.05) is 10.0 Å². The van der Waals surface area contributed by atoms with E-state index in [1.54, 1.807) is 12.1 Å². The molecule has 0 fully saturated rings. The quantitative estimate of drug-likeness (QED) is 0.628. The first kappa shape index (κ1) is 16.0. The van der Waals surface area contributed by atoms with E-state index < -0.39 is 10.1 Å². The van der Waals surface area contributed by atoms with Crippen LogP contribution in [-0.2, 0) is 10.1 Å². The molecule has 0 unspecified atom stereocenters. The maximum absolute atomic E-state index is 11.8. The van der Waals surface area contributed by atoms with E-state index in [1.807, 2.05) is 36.4 Å². The van der Waals surface area contributed by atoms with Gasteiger partial charge in [0.25, 0.3) is 0 Å². The number of ether oxygens (including phenoxy) is 1. The van der Waals surface area contributed by atoms with Gasteiger partial charge in [0.05, 0.1) is 12.0 Å². The fourth-order valence-electron chi connectivity index (χ4n) is 2.60. The van der Waals surface area contributed by atoms with Crippen molar-refractivity contribution in [3.63, 3.8) is 0 Å². The topological polar surface area (TPSA) is 66.4 Å². The second kappa shape index (κ2) is 5.96. The summed E-state index contributed by atoms with van der Waals surface area (Å²) in [7, 11) is -3.17. The van der Waals surface area contributed by atoms with Gasteiger partial charge in [0.1, 0.15) is 15.9 Å². The highest BCUT2D eigenvalue weighted by atomic mass is 79.9. The number of hydrogen-bond donors (Lipinski definition) is 0. The summed E-state index contributed by atoms with van der Waals surface area (Å²) >= 11 is 3.18. The Kier molecular flexibility index (Phi) is 4.14. The van der Waals surface area contributed by atoms with Gasteiger partial charge >= 0.3 is 0 Å². The second-order valence-electron chi connectivity index (χ2n) is 4.97. The van der Waals surface area contributed by atoms with E-state index in [4.69, 9.17) is 4.74 Å². The summed E-state index contributed by atoms with van der Waals surface area (Å²) in [6, 6.07) is 16.2. The van der Waals surface area contributed by atoms with Crippen LogP contribution in [0.25, 0.3) is 21.9 Å². The Hall–Kier alpha value is -1.89. The molecule has 0 spiro atoms. The molecule has 3 aromatic carbocycles. The van der Waals surface area contributed by atoms with Gasteiger partial charge in [0.15, 0.2) is 0 Å². The fourth-order valence-corrected chi connectivity index (χ4v) is 4.37. The van der Waals surface area contributed by atoms with Crippen molar-refractivity contribution in [1.82, 2.24) is 0 Å². The average molecular weight is 392 g/mol. The average Bonchev–Trinajstić information content (AvgIpc) is 2.52. The van der Waals surface area contributed by atoms with Gasteiger partial charge in [-0.05, 0) is 44.4 Å². The number of rotatable bonds is 3. The van der Waals surface area contributed by atoms with Gasteiger partial charge in [-0.25, -0.2) is 8.42 Å². The maximum atomic E-state index is 11.8. The van der Waals surface area contributed by atoms with Crippen molar-refractivity contribution in [2.24, 2.45) is 0 Å². The zero-order valence-electron chi connectivity index (χ0n) is 12.1. The summed E-state index contributed by atoms with van der Waals surface area (Å²) in [4.78, 5) is -0.283. The molecule has 23 heavy (non-hydrogen) atoms. The SMILES string of the molecule is COc1cc(Br)c(S(=O)(=O)[O-])c(-c2cccc3ccccc23)c1. The molecule has 3 rings (SSSR count). The van der Waals surface area contributed by atoms with E-state index in [0.717, 1.165) is 10.8 Å². The van der Waals surface area contributed by atoms with Crippen molar-refractivity contribution >= 4 is 36.8 Å². The Balaban J connectivity index is 2.45. The van der Waals surface area contributed by atoms with Crippen molar-refractivity contribution < 1.29 is 17.7 Å². The molecule has 0 radical (unpaired) electrons. The fraction of sp³-hybridized carbons (Fsp3) is 0.0588. The molecule has 0 atom stereocenters. The molecule has 0 aliphatic heterocycles. The minimum absolute atomic E-state index is 0.190. The molecular weight excluding hydrogens is 380 g/mol. The Labute approximate surface area is 142 Å². The molecular formula is C17H12BrO4S-. The molecule has 6 heteroatoms. The number of methoxy groups -OCH3 is 1. The van der Waals surface area contributed by atoms with Crippen molar-refractivity contribution in [3.8, 4) is 16.9 Å². The monoisotopic (exact) mass is 391 g/mol. The van der Waals surface area contributed by atoms with Crippen LogP contribution in [0.4, 0.5) is 0 Å². The van der Waals surface area contributed by atoms with E-state index in [0.29, 0.717) is 16.9 Å². The van der Waals surface area contributed by atoms with Crippen LogP contribution in [-0.4, -0.2) is 20.1 Å². The zero-order chi connectivity index (χ0) is 16.6.